The van der Waals surface area contributed by atoms with E-state index in [9.17, 15) is 14.3 Å². The van der Waals surface area contributed by atoms with E-state index >= 15 is 0 Å². The van der Waals surface area contributed by atoms with Crippen molar-refractivity contribution in [2.45, 2.75) is 39.7 Å². The lowest BCUT2D eigenvalue weighted by Gasteiger charge is -2.44. The highest BCUT2D eigenvalue weighted by molar-refractivity contribution is 9.10. The monoisotopic (exact) mass is 387 g/mol. The zero-order chi connectivity index (χ0) is 17.2. The lowest BCUT2D eigenvalue weighted by Crippen LogP contribution is -2.52. The van der Waals surface area contributed by atoms with Gasteiger partial charge in [0.05, 0.1) is 6.61 Å². The molecule has 4 nitrogen and oxygen atoms in total. The fraction of sp³-hybridized carbons (Fsp3) is 0.588. The summed E-state index contributed by atoms with van der Waals surface area (Å²) in [5.74, 6) is 0.0637. The molecule has 1 N–H and O–H groups in total. The van der Waals surface area contributed by atoms with E-state index in [2.05, 4.69) is 15.9 Å². The highest BCUT2D eigenvalue weighted by atomic mass is 79.9. The number of ether oxygens (including phenoxy) is 1. The van der Waals surface area contributed by atoms with Gasteiger partial charge in [-0.15, -0.1) is 0 Å². The van der Waals surface area contributed by atoms with Gasteiger partial charge in [-0.25, -0.2) is 9.18 Å². The number of halogens is 2. The molecular weight excluding hydrogens is 365 g/mol. The maximum Gasteiger partial charge on any atom is 0.407 e. The maximum absolute atomic E-state index is 13.8. The van der Waals surface area contributed by atoms with Gasteiger partial charge < -0.3 is 14.7 Å². The Balaban J connectivity index is 2.00. The van der Waals surface area contributed by atoms with Gasteiger partial charge in [0.2, 0.25) is 0 Å². The van der Waals surface area contributed by atoms with Crippen molar-refractivity contribution in [3.8, 4) is 5.75 Å². The molecule has 0 saturated carbocycles. The molecule has 0 spiro atoms. The van der Waals surface area contributed by atoms with Gasteiger partial charge in [-0.05, 0) is 42.4 Å². The molecule has 0 aromatic heterocycles. The molecule has 1 aromatic rings. The van der Waals surface area contributed by atoms with Crippen LogP contribution in [0.1, 0.15) is 33.6 Å². The summed E-state index contributed by atoms with van der Waals surface area (Å²) in [6.07, 6.45) is 0.591. The van der Waals surface area contributed by atoms with Crippen molar-refractivity contribution in [2.24, 2.45) is 11.3 Å². The number of carboxylic acid groups (broad SMARTS) is 1. The smallest absolute Gasteiger partial charge is 0.407 e. The van der Waals surface area contributed by atoms with Crippen LogP contribution in [0.15, 0.2) is 22.7 Å². The van der Waals surface area contributed by atoms with E-state index in [0.717, 1.165) is 12.8 Å². The minimum absolute atomic E-state index is 0.0582. The fourth-order valence-corrected chi connectivity index (χ4v) is 3.37. The van der Waals surface area contributed by atoms with Gasteiger partial charge in [0, 0.05) is 17.1 Å². The molecule has 1 aliphatic rings. The average molecular weight is 388 g/mol. The van der Waals surface area contributed by atoms with Crippen LogP contribution in [0.25, 0.3) is 0 Å². The highest BCUT2D eigenvalue weighted by Gasteiger charge is 2.38. The van der Waals surface area contributed by atoms with Gasteiger partial charge in [0.15, 0.2) is 11.6 Å². The third kappa shape index (κ3) is 4.59. The summed E-state index contributed by atoms with van der Waals surface area (Å²) in [6.45, 7) is 7.04. The Hall–Kier alpha value is -1.30. The Morgan fingerprint density at radius 3 is 2.74 bits per heavy atom. The van der Waals surface area contributed by atoms with E-state index in [1.807, 2.05) is 20.8 Å². The summed E-state index contributed by atoms with van der Waals surface area (Å²) >= 11 is 3.22. The van der Waals surface area contributed by atoms with Crippen LogP contribution in [0, 0.1) is 17.2 Å². The number of amides is 1. The minimum atomic E-state index is -0.872. The van der Waals surface area contributed by atoms with Crippen molar-refractivity contribution in [2.75, 3.05) is 13.2 Å². The van der Waals surface area contributed by atoms with Gasteiger partial charge >= 0.3 is 6.09 Å². The van der Waals surface area contributed by atoms with Crippen molar-refractivity contribution in [3.05, 3.63) is 28.5 Å². The second-order valence-corrected chi connectivity index (χ2v) is 8.05. The molecule has 2 unspecified atom stereocenters. The number of nitrogens with zero attached hydrogens (tertiary/aromatic N) is 1. The summed E-state index contributed by atoms with van der Waals surface area (Å²) in [5.41, 5.74) is -0.139. The van der Waals surface area contributed by atoms with Crippen molar-refractivity contribution in [3.63, 3.8) is 0 Å². The lowest BCUT2D eigenvalue weighted by atomic mass is 9.77. The standard InChI is InChI=1S/C17H23BrFNO3/c1-17(2,3)15-8-11(6-7-20(15)16(21)22)10-23-14-5-4-12(18)9-13(14)19/h4-5,9,11,15H,6-8,10H2,1-3H3,(H,21,22). The number of carbonyl (C=O) groups is 1. The van der Waals surface area contributed by atoms with E-state index in [-0.39, 0.29) is 23.1 Å². The Labute approximate surface area is 144 Å². The van der Waals surface area contributed by atoms with Crippen LogP contribution in [0.2, 0.25) is 0 Å². The van der Waals surface area contributed by atoms with E-state index in [4.69, 9.17) is 4.74 Å². The number of benzene rings is 1. The van der Waals surface area contributed by atoms with Gasteiger partial charge in [-0.3, -0.25) is 0 Å². The third-order valence-corrected chi connectivity index (χ3v) is 4.82. The second kappa shape index (κ2) is 7.07. The fourth-order valence-electron chi connectivity index (χ4n) is 3.04. The summed E-state index contributed by atoms with van der Waals surface area (Å²) in [7, 11) is 0. The first-order valence-corrected chi connectivity index (χ1v) is 8.55. The van der Waals surface area contributed by atoms with Crippen molar-refractivity contribution < 1.29 is 19.0 Å². The van der Waals surface area contributed by atoms with Crippen LogP contribution in [0.3, 0.4) is 0 Å². The van der Waals surface area contributed by atoms with Gasteiger partial charge in [-0.2, -0.15) is 0 Å². The topological polar surface area (TPSA) is 49.8 Å². The molecule has 0 radical (unpaired) electrons. The van der Waals surface area contributed by atoms with Crippen LogP contribution in [-0.2, 0) is 0 Å². The molecule has 1 aliphatic heterocycles. The number of hydrogen-bond acceptors (Lipinski definition) is 2. The van der Waals surface area contributed by atoms with Gasteiger partial charge in [-0.1, -0.05) is 36.7 Å². The number of hydrogen-bond donors (Lipinski definition) is 1. The Morgan fingerprint density at radius 1 is 1.48 bits per heavy atom. The molecule has 2 atom stereocenters. The third-order valence-electron chi connectivity index (χ3n) is 4.32. The molecule has 1 fully saturated rings. The number of piperidine rings is 1. The van der Waals surface area contributed by atoms with E-state index in [1.165, 1.54) is 11.0 Å². The SMILES string of the molecule is CC(C)(C)C1CC(COc2ccc(Br)cc2F)CCN1C(=O)O. The van der Waals surface area contributed by atoms with Gasteiger partial charge in [0.1, 0.15) is 0 Å². The van der Waals surface area contributed by atoms with Gasteiger partial charge in [0.25, 0.3) is 0 Å². The molecule has 6 heteroatoms. The average Bonchev–Trinajstić information content (AvgIpc) is 2.45. The lowest BCUT2D eigenvalue weighted by molar-refractivity contribution is 0.0299. The van der Waals surface area contributed by atoms with E-state index in [0.29, 0.717) is 17.6 Å². The minimum Gasteiger partial charge on any atom is -0.490 e. The number of likely N-dealkylation sites (tertiary alicyclic amines) is 1. The summed E-state index contributed by atoms with van der Waals surface area (Å²) < 4.78 is 20.1. The predicted molar refractivity (Wildman–Crippen MR) is 90.3 cm³/mol. The van der Waals surface area contributed by atoms with Crippen LogP contribution in [0.5, 0.6) is 5.75 Å². The first-order valence-electron chi connectivity index (χ1n) is 7.76. The maximum atomic E-state index is 13.8. The summed E-state index contributed by atoms with van der Waals surface area (Å²) in [5, 5.41) is 9.37. The Morgan fingerprint density at radius 2 is 2.17 bits per heavy atom. The molecular formula is C17H23BrFNO3. The Kier molecular flexibility index (Phi) is 5.55. The van der Waals surface area contributed by atoms with Crippen LogP contribution in [-0.4, -0.2) is 35.3 Å². The zero-order valence-corrected chi connectivity index (χ0v) is 15.3. The number of rotatable bonds is 3. The molecule has 23 heavy (non-hydrogen) atoms. The first-order chi connectivity index (χ1) is 10.7. The predicted octanol–water partition coefficient (Wildman–Crippen LogP) is 4.77. The second-order valence-electron chi connectivity index (χ2n) is 7.13. The summed E-state index contributed by atoms with van der Waals surface area (Å²) in [4.78, 5) is 12.9. The quantitative estimate of drug-likeness (QED) is 0.812. The molecule has 1 saturated heterocycles. The molecule has 1 aromatic carbocycles. The zero-order valence-electron chi connectivity index (χ0n) is 13.7. The highest BCUT2D eigenvalue weighted by Crippen LogP contribution is 2.35. The van der Waals surface area contributed by atoms with Crippen LogP contribution >= 0.6 is 15.9 Å². The first kappa shape index (κ1) is 18.0. The van der Waals surface area contributed by atoms with Crippen molar-refractivity contribution >= 4 is 22.0 Å². The molecule has 1 heterocycles. The van der Waals surface area contributed by atoms with Crippen LogP contribution in [0.4, 0.5) is 9.18 Å². The summed E-state index contributed by atoms with van der Waals surface area (Å²) in [6, 6.07) is 4.66. The largest absolute Gasteiger partial charge is 0.490 e. The van der Waals surface area contributed by atoms with E-state index in [1.54, 1.807) is 12.1 Å². The van der Waals surface area contributed by atoms with Crippen molar-refractivity contribution in [1.82, 2.24) is 4.90 Å². The normalized spacial score (nSPS) is 22.0. The molecule has 128 valence electrons. The van der Waals surface area contributed by atoms with Crippen molar-refractivity contribution in [1.29, 1.82) is 0 Å². The molecule has 2 rings (SSSR count). The molecule has 0 bridgehead atoms. The van der Waals surface area contributed by atoms with Crippen LogP contribution < -0.4 is 4.74 Å². The van der Waals surface area contributed by atoms with E-state index < -0.39 is 11.9 Å². The molecule has 0 aliphatic carbocycles. The molecule has 1 amide bonds. The Bertz CT molecular complexity index is 573.